The highest BCUT2D eigenvalue weighted by molar-refractivity contribution is 7.80. The third-order valence-corrected chi connectivity index (χ3v) is 1.80. The van der Waals surface area contributed by atoms with E-state index < -0.39 is 36.2 Å². The van der Waals surface area contributed by atoms with Crippen LogP contribution in [0, 0.1) is 0 Å². The first-order valence-corrected chi connectivity index (χ1v) is 4.74. The van der Waals surface area contributed by atoms with E-state index in [9.17, 15) is 19.5 Å². The number of aliphatic hydroxyl groups is 2. The Morgan fingerprint density at radius 3 is 1.56 bits per heavy atom. The molecule has 0 fully saturated rings. The lowest BCUT2D eigenvalue weighted by Crippen LogP contribution is -2.66. The summed E-state index contributed by atoms with van der Waals surface area (Å²) < 4.78 is 0. The molecule has 0 aromatic rings. The Kier molecular flexibility index (Phi) is 13.0. The zero-order valence-corrected chi connectivity index (χ0v) is 9.91. The van der Waals surface area contributed by atoms with Crippen molar-refractivity contribution in [1.29, 1.82) is 0 Å². The molecule has 0 aliphatic carbocycles. The van der Waals surface area contributed by atoms with Crippen LogP contribution in [0.5, 0.6) is 0 Å². The molecule has 0 aliphatic heterocycles. The fourth-order valence-electron chi connectivity index (χ4n) is 0.342. The van der Waals surface area contributed by atoms with Crippen molar-refractivity contribution in [3.63, 3.8) is 0 Å². The van der Waals surface area contributed by atoms with Crippen molar-refractivity contribution in [3.05, 3.63) is 0 Å². The van der Waals surface area contributed by atoms with Gasteiger partial charge in [-0.25, -0.2) is 9.59 Å². The minimum Gasteiger partial charge on any atom is -0.547 e. The third kappa shape index (κ3) is 9.80. The highest BCUT2D eigenvalue weighted by atomic mass is 32.1. The zero-order valence-electron chi connectivity index (χ0n) is 9.02. The molecule has 0 aromatic heterocycles. The predicted molar refractivity (Wildman–Crippen MR) is 56.4 cm³/mol. The van der Waals surface area contributed by atoms with E-state index in [4.69, 9.17) is 20.4 Å². The van der Waals surface area contributed by atoms with Crippen LogP contribution in [-0.2, 0) is 14.4 Å². The lowest BCUT2D eigenvalue weighted by Gasteiger charge is -2.13. The van der Waals surface area contributed by atoms with E-state index in [1.807, 2.05) is 0 Å². The molecule has 11 heteroatoms. The van der Waals surface area contributed by atoms with Gasteiger partial charge in [-0.2, -0.15) is 12.6 Å². The Morgan fingerprint density at radius 1 is 1.11 bits per heavy atom. The van der Waals surface area contributed by atoms with Crippen LogP contribution in [0.4, 0.5) is 0 Å². The van der Waals surface area contributed by atoms with Crippen LogP contribution in [0.3, 0.4) is 0 Å². The van der Waals surface area contributed by atoms with Gasteiger partial charge >= 0.3 is 11.9 Å². The Labute approximate surface area is 106 Å². The van der Waals surface area contributed by atoms with E-state index >= 15 is 0 Å². The summed E-state index contributed by atoms with van der Waals surface area (Å²) in [5.74, 6) is -4.42. The van der Waals surface area contributed by atoms with Gasteiger partial charge in [-0.1, -0.05) is 0 Å². The summed E-state index contributed by atoms with van der Waals surface area (Å²) in [5.41, 5.74) is 3.28. The van der Waals surface area contributed by atoms with Crippen molar-refractivity contribution in [1.82, 2.24) is 0 Å². The van der Waals surface area contributed by atoms with Crippen LogP contribution >= 0.6 is 12.6 Å². The average molecular weight is 289 g/mol. The monoisotopic (exact) mass is 289 g/mol. The summed E-state index contributed by atoms with van der Waals surface area (Å²) in [6.07, 6.45) is -4.71. The molecule has 10 nitrogen and oxygen atoms in total. The van der Waals surface area contributed by atoms with Gasteiger partial charge in [-0.3, -0.25) is 0 Å². The van der Waals surface area contributed by atoms with Gasteiger partial charge in [0.25, 0.3) is 0 Å². The first-order chi connectivity index (χ1) is 7.64. The molecule has 0 amide bonds. The van der Waals surface area contributed by atoms with Crippen LogP contribution in [0.1, 0.15) is 0 Å². The maximum Gasteiger partial charge on any atom is 0.363 e. The number of carboxylic acid groups (broad SMARTS) is 3. The highest BCUT2D eigenvalue weighted by Gasteiger charge is 2.23. The van der Waals surface area contributed by atoms with Crippen LogP contribution in [-0.4, -0.2) is 67.8 Å². The molecular formula is C7H15NO9S. The average Bonchev–Trinajstić information content (AvgIpc) is 2.26. The molecule has 0 bridgehead atoms. The lowest BCUT2D eigenvalue weighted by molar-refractivity contribution is -0.400. The summed E-state index contributed by atoms with van der Waals surface area (Å²) >= 11 is 3.71. The Balaban J connectivity index is -0.000000251. The molecule has 0 saturated heterocycles. The van der Waals surface area contributed by atoms with E-state index in [0.717, 1.165) is 0 Å². The predicted octanol–water partition coefficient (Wildman–Crippen LogP) is -5.67. The van der Waals surface area contributed by atoms with Gasteiger partial charge in [-0.05, 0) is 0 Å². The molecule has 0 saturated carbocycles. The molecule has 0 aromatic carbocycles. The first-order valence-electron chi connectivity index (χ1n) is 4.11. The van der Waals surface area contributed by atoms with Gasteiger partial charge in [0.1, 0.15) is 6.10 Å². The van der Waals surface area contributed by atoms with Crippen molar-refractivity contribution in [2.75, 3.05) is 5.75 Å². The molecule has 3 atom stereocenters. The number of carbonyl (C=O) groups is 3. The maximum atomic E-state index is 9.82. The van der Waals surface area contributed by atoms with E-state index in [1.165, 1.54) is 0 Å². The maximum absolute atomic E-state index is 9.82. The Hall–Kier alpha value is -1.40. The smallest absolute Gasteiger partial charge is 0.363 e. The second kappa shape index (κ2) is 10.7. The molecule has 0 rings (SSSR count). The molecule has 108 valence electrons. The number of rotatable bonds is 5. The number of carbonyl (C=O) groups excluding carboxylic acids is 1. The van der Waals surface area contributed by atoms with Gasteiger partial charge in [-0.15, -0.1) is 0 Å². The number of hydrogen-bond donors (Lipinski definition) is 6. The van der Waals surface area contributed by atoms with Crippen LogP contribution in [0.2, 0.25) is 0 Å². The summed E-state index contributed by atoms with van der Waals surface area (Å²) in [6.45, 7) is 0. The van der Waals surface area contributed by atoms with Gasteiger partial charge < -0.3 is 41.5 Å². The molecule has 0 radical (unpaired) electrons. The van der Waals surface area contributed by atoms with Gasteiger partial charge in [0, 0.05) is 0 Å². The van der Waals surface area contributed by atoms with Crippen LogP contribution < -0.4 is 10.8 Å². The molecule has 0 unspecified atom stereocenters. The molecule has 0 spiro atoms. The molecular weight excluding hydrogens is 274 g/mol. The van der Waals surface area contributed by atoms with Gasteiger partial charge in [0.05, 0.1) is 11.7 Å². The number of aliphatic carboxylic acids is 3. The third-order valence-electron chi connectivity index (χ3n) is 1.36. The summed E-state index contributed by atoms with van der Waals surface area (Å²) in [4.78, 5) is 29.2. The van der Waals surface area contributed by atoms with E-state index in [-0.39, 0.29) is 5.48 Å². The summed E-state index contributed by atoms with van der Waals surface area (Å²) in [5, 5.41) is 42.2. The SMILES string of the molecule is O.O=C([O-])[C@H](O)[C@@H](O)C(=O)O.[NH3+][C@@H](CS)C(=O)O. The number of hydrogen-bond acceptors (Lipinski definition) is 7. The van der Waals surface area contributed by atoms with E-state index in [2.05, 4.69) is 18.4 Å². The molecule has 18 heavy (non-hydrogen) atoms. The van der Waals surface area contributed by atoms with E-state index in [0.29, 0.717) is 5.75 Å². The minimum absolute atomic E-state index is 0. The summed E-state index contributed by atoms with van der Waals surface area (Å²) in [7, 11) is 0. The van der Waals surface area contributed by atoms with Crippen molar-refractivity contribution in [2.24, 2.45) is 0 Å². The Bertz CT molecular complexity index is 266. The van der Waals surface area contributed by atoms with E-state index in [1.54, 1.807) is 0 Å². The van der Waals surface area contributed by atoms with Crippen LogP contribution in [0.25, 0.3) is 0 Å². The second-order valence-corrected chi connectivity index (χ2v) is 3.13. The highest BCUT2D eigenvalue weighted by Crippen LogP contribution is 1.90. The zero-order chi connectivity index (χ0) is 14.2. The van der Waals surface area contributed by atoms with Crippen LogP contribution in [0.15, 0.2) is 0 Å². The van der Waals surface area contributed by atoms with Gasteiger partial charge in [0.2, 0.25) is 0 Å². The molecule has 0 heterocycles. The van der Waals surface area contributed by atoms with Crippen molar-refractivity contribution in [3.8, 4) is 0 Å². The van der Waals surface area contributed by atoms with Gasteiger partial charge in [0.15, 0.2) is 12.1 Å². The topological polar surface area (TPSA) is 214 Å². The Morgan fingerprint density at radius 2 is 1.50 bits per heavy atom. The number of carboxylic acids is 3. The lowest BCUT2D eigenvalue weighted by atomic mass is 10.2. The quantitative estimate of drug-likeness (QED) is 0.267. The normalized spacial score (nSPS) is 14.0. The summed E-state index contributed by atoms with van der Waals surface area (Å²) in [6, 6.07) is -0.566. The molecule has 9 N–H and O–H groups in total. The number of quaternary nitrogens is 1. The first kappa shape index (κ1) is 21.8. The number of aliphatic hydroxyl groups excluding tert-OH is 2. The largest absolute Gasteiger partial charge is 0.547 e. The fraction of sp³-hybridized carbons (Fsp3) is 0.571. The van der Waals surface area contributed by atoms with Crippen molar-refractivity contribution < 1.29 is 51.1 Å². The standard InChI is InChI=1S/C4H6O6.C3H7NO2S.H2O/c5-1(3(7)8)2(6)4(9)10;4-2(1-7)3(5)6;/h1-2,5-6H,(H,7,8)(H,9,10);2,7H,1,4H2,(H,5,6);1H2/t1-,2-;2-;/m10./s1. The van der Waals surface area contributed by atoms with Crippen molar-refractivity contribution in [2.45, 2.75) is 18.2 Å². The van der Waals surface area contributed by atoms with Crippen molar-refractivity contribution >= 4 is 30.5 Å². The second-order valence-electron chi connectivity index (χ2n) is 2.76. The fourth-order valence-corrected chi connectivity index (χ4v) is 0.498. The number of thiol groups is 1. The molecule has 0 aliphatic rings. The minimum atomic E-state index is -2.38.